The molecule has 0 saturated carbocycles. The zero-order valence-electron chi connectivity index (χ0n) is 10.2. The lowest BCUT2D eigenvalue weighted by Gasteiger charge is -2.04. The zero-order chi connectivity index (χ0) is 12.8. The Morgan fingerprint density at radius 3 is 2.47 bits per heavy atom. The zero-order valence-corrected chi connectivity index (χ0v) is 10.2. The first-order chi connectivity index (χ1) is 8.22. The van der Waals surface area contributed by atoms with Crippen molar-refractivity contribution in [3.8, 4) is 5.75 Å². The second-order valence-corrected chi connectivity index (χ2v) is 3.21. The Hall–Kier alpha value is -2.03. The number of esters is 1. The quantitative estimate of drug-likeness (QED) is 0.767. The molecule has 0 aliphatic heterocycles. The highest BCUT2D eigenvalue weighted by atomic mass is 16.5. The van der Waals surface area contributed by atoms with Crippen LogP contribution in [0.25, 0.3) is 10.8 Å². The van der Waals surface area contributed by atoms with Crippen LogP contribution in [0.2, 0.25) is 0 Å². The summed E-state index contributed by atoms with van der Waals surface area (Å²) >= 11 is 0. The van der Waals surface area contributed by atoms with Crippen LogP contribution in [0.5, 0.6) is 5.75 Å². The van der Waals surface area contributed by atoms with Gasteiger partial charge >= 0.3 is 5.97 Å². The molecule has 0 spiro atoms. The van der Waals surface area contributed by atoms with E-state index in [4.69, 9.17) is 0 Å². The van der Waals surface area contributed by atoms with Gasteiger partial charge in [0.25, 0.3) is 0 Å². The Kier molecular flexibility index (Phi) is 4.52. The minimum atomic E-state index is -0.448. The minimum Gasteiger partial charge on any atom is -0.507 e. The van der Waals surface area contributed by atoms with Gasteiger partial charge in [-0.3, -0.25) is 0 Å². The second kappa shape index (κ2) is 5.89. The van der Waals surface area contributed by atoms with Crippen molar-refractivity contribution in [2.75, 3.05) is 7.11 Å². The molecule has 0 amide bonds. The SMILES string of the molecule is CC.COC(=O)c1cc(O)c2ccccc2c1. The Balaban J connectivity index is 0.000000686. The maximum absolute atomic E-state index is 11.3. The lowest BCUT2D eigenvalue weighted by molar-refractivity contribution is 0.0600. The molecule has 90 valence electrons. The van der Waals surface area contributed by atoms with Crippen molar-refractivity contribution in [3.05, 3.63) is 42.0 Å². The molecule has 0 aliphatic carbocycles. The monoisotopic (exact) mass is 232 g/mol. The first-order valence-electron chi connectivity index (χ1n) is 5.52. The van der Waals surface area contributed by atoms with Gasteiger partial charge in [0.15, 0.2) is 0 Å². The number of benzene rings is 2. The number of fused-ring (bicyclic) bond motifs is 1. The number of phenols is 1. The number of hydrogen-bond acceptors (Lipinski definition) is 3. The largest absolute Gasteiger partial charge is 0.507 e. The third-order valence-electron chi connectivity index (χ3n) is 2.26. The van der Waals surface area contributed by atoms with Crippen LogP contribution in [0.15, 0.2) is 36.4 Å². The molecule has 0 aromatic heterocycles. The van der Waals surface area contributed by atoms with Gasteiger partial charge in [-0.2, -0.15) is 0 Å². The molecule has 17 heavy (non-hydrogen) atoms. The second-order valence-electron chi connectivity index (χ2n) is 3.21. The van der Waals surface area contributed by atoms with Gasteiger partial charge in [0.1, 0.15) is 5.75 Å². The number of rotatable bonds is 1. The Morgan fingerprint density at radius 1 is 1.18 bits per heavy atom. The van der Waals surface area contributed by atoms with Gasteiger partial charge in [0.2, 0.25) is 0 Å². The molecule has 0 radical (unpaired) electrons. The van der Waals surface area contributed by atoms with Crippen LogP contribution in [0.3, 0.4) is 0 Å². The summed E-state index contributed by atoms with van der Waals surface area (Å²) in [6.45, 7) is 4.00. The summed E-state index contributed by atoms with van der Waals surface area (Å²) in [5, 5.41) is 11.2. The fourth-order valence-electron chi connectivity index (χ4n) is 1.53. The van der Waals surface area contributed by atoms with Crippen LogP contribution in [-0.4, -0.2) is 18.2 Å². The Bertz CT molecular complexity index is 518. The highest BCUT2D eigenvalue weighted by Crippen LogP contribution is 2.26. The molecule has 3 heteroatoms. The van der Waals surface area contributed by atoms with E-state index < -0.39 is 5.97 Å². The number of phenolic OH excluding ortho intramolecular Hbond substituents is 1. The third kappa shape index (κ3) is 2.75. The van der Waals surface area contributed by atoms with Crippen molar-refractivity contribution < 1.29 is 14.6 Å². The number of aromatic hydroxyl groups is 1. The minimum absolute atomic E-state index is 0.0912. The first-order valence-corrected chi connectivity index (χ1v) is 5.52. The van der Waals surface area contributed by atoms with Crippen molar-refractivity contribution in [2.45, 2.75) is 13.8 Å². The van der Waals surface area contributed by atoms with Crippen molar-refractivity contribution in [2.24, 2.45) is 0 Å². The predicted octanol–water partition coefficient (Wildman–Crippen LogP) is 3.36. The van der Waals surface area contributed by atoms with Crippen molar-refractivity contribution in [1.82, 2.24) is 0 Å². The summed E-state index contributed by atoms with van der Waals surface area (Å²) in [6, 6.07) is 10.4. The van der Waals surface area contributed by atoms with Gasteiger partial charge in [-0.1, -0.05) is 38.1 Å². The molecular formula is C14H16O3. The molecule has 1 N–H and O–H groups in total. The molecule has 0 heterocycles. The van der Waals surface area contributed by atoms with Gasteiger partial charge in [-0.05, 0) is 17.5 Å². The summed E-state index contributed by atoms with van der Waals surface area (Å²) in [4.78, 5) is 11.3. The van der Waals surface area contributed by atoms with Crippen LogP contribution in [0.1, 0.15) is 24.2 Å². The van der Waals surface area contributed by atoms with Gasteiger partial charge in [0, 0.05) is 5.39 Å². The van der Waals surface area contributed by atoms with Crippen molar-refractivity contribution in [1.29, 1.82) is 0 Å². The van der Waals surface area contributed by atoms with Gasteiger partial charge in [-0.15, -0.1) is 0 Å². The van der Waals surface area contributed by atoms with Crippen LogP contribution in [0, 0.1) is 0 Å². The van der Waals surface area contributed by atoms with Crippen LogP contribution in [0.4, 0.5) is 0 Å². The van der Waals surface area contributed by atoms with Crippen LogP contribution >= 0.6 is 0 Å². The third-order valence-corrected chi connectivity index (χ3v) is 2.26. The Labute approximate surface area is 101 Å². The molecule has 0 atom stereocenters. The predicted molar refractivity (Wildman–Crippen MR) is 68.3 cm³/mol. The summed E-state index contributed by atoms with van der Waals surface area (Å²) in [7, 11) is 1.31. The lowest BCUT2D eigenvalue weighted by atomic mass is 10.1. The number of ether oxygens (including phenoxy) is 1. The maximum atomic E-state index is 11.3. The smallest absolute Gasteiger partial charge is 0.338 e. The molecule has 0 saturated heterocycles. The van der Waals surface area contributed by atoms with Gasteiger partial charge in [0.05, 0.1) is 12.7 Å². The topological polar surface area (TPSA) is 46.5 Å². The standard InChI is InChI=1S/C12H10O3.C2H6/c1-15-12(14)9-6-8-4-2-3-5-10(8)11(13)7-9;1-2/h2-7,13H,1H3;1-2H3. The fourth-order valence-corrected chi connectivity index (χ4v) is 1.53. The number of carbonyl (C=O) groups is 1. The molecular weight excluding hydrogens is 216 g/mol. The first kappa shape index (κ1) is 13.0. The van der Waals surface area contributed by atoms with E-state index in [1.165, 1.54) is 13.2 Å². The summed E-state index contributed by atoms with van der Waals surface area (Å²) in [5.74, 6) is -0.357. The van der Waals surface area contributed by atoms with Crippen molar-refractivity contribution in [3.63, 3.8) is 0 Å². The van der Waals surface area contributed by atoms with Crippen LogP contribution in [-0.2, 0) is 4.74 Å². The average Bonchev–Trinajstić information content (AvgIpc) is 2.40. The number of carbonyl (C=O) groups excluding carboxylic acids is 1. The molecule has 3 nitrogen and oxygen atoms in total. The van der Waals surface area contributed by atoms with E-state index >= 15 is 0 Å². The highest BCUT2D eigenvalue weighted by molar-refractivity contribution is 5.98. The van der Waals surface area contributed by atoms with Crippen LogP contribution < -0.4 is 0 Å². The van der Waals surface area contributed by atoms with E-state index in [2.05, 4.69) is 4.74 Å². The molecule has 2 rings (SSSR count). The summed E-state index contributed by atoms with van der Waals surface area (Å²) < 4.78 is 4.59. The highest BCUT2D eigenvalue weighted by Gasteiger charge is 2.09. The number of hydrogen-bond donors (Lipinski definition) is 1. The fraction of sp³-hybridized carbons (Fsp3) is 0.214. The molecule has 0 aliphatic rings. The number of methoxy groups -OCH3 is 1. The molecule has 2 aromatic carbocycles. The van der Waals surface area contributed by atoms with E-state index in [1.54, 1.807) is 12.1 Å². The normalized spacial score (nSPS) is 9.35. The van der Waals surface area contributed by atoms with E-state index in [9.17, 15) is 9.90 Å². The molecule has 0 fully saturated rings. The lowest BCUT2D eigenvalue weighted by Crippen LogP contribution is -2.00. The van der Waals surface area contributed by atoms with E-state index in [-0.39, 0.29) is 5.75 Å². The maximum Gasteiger partial charge on any atom is 0.338 e. The summed E-state index contributed by atoms with van der Waals surface area (Å²) in [5.41, 5.74) is 0.355. The van der Waals surface area contributed by atoms with Crippen molar-refractivity contribution >= 4 is 16.7 Å². The molecule has 2 aromatic rings. The molecule has 0 unspecified atom stereocenters. The summed E-state index contributed by atoms with van der Waals surface area (Å²) in [6.07, 6.45) is 0. The Morgan fingerprint density at radius 2 is 1.82 bits per heavy atom. The molecule has 0 bridgehead atoms. The van der Waals surface area contributed by atoms with E-state index in [0.29, 0.717) is 5.56 Å². The van der Waals surface area contributed by atoms with Gasteiger partial charge < -0.3 is 9.84 Å². The average molecular weight is 232 g/mol. The van der Waals surface area contributed by atoms with Gasteiger partial charge in [-0.25, -0.2) is 4.79 Å². The van der Waals surface area contributed by atoms with E-state index in [0.717, 1.165) is 10.8 Å². The van der Waals surface area contributed by atoms with E-state index in [1.807, 2.05) is 32.0 Å².